The summed E-state index contributed by atoms with van der Waals surface area (Å²) in [6.45, 7) is 14.1. The van der Waals surface area contributed by atoms with Gasteiger partial charge in [0.25, 0.3) is 5.91 Å². The van der Waals surface area contributed by atoms with Crippen molar-refractivity contribution in [3.63, 3.8) is 0 Å². The van der Waals surface area contributed by atoms with Crippen molar-refractivity contribution in [2.45, 2.75) is 32.8 Å². The first-order chi connectivity index (χ1) is 11.0. The topological polar surface area (TPSA) is 32.8 Å². The Kier molecular flexibility index (Phi) is 6.22. The summed E-state index contributed by atoms with van der Waals surface area (Å²) in [6.07, 6.45) is 1.45. The lowest BCUT2D eigenvalue weighted by molar-refractivity contribution is -0.139. The molecule has 4 heteroatoms. The molecule has 0 aromatic heterocycles. The highest BCUT2D eigenvalue weighted by Crippen LogP contribution is 2.27. The monoisotopic (exact) mass is 316 g/mol. The van der Waals surface area contributed by atoms with Crippen molar-refractivity contribution >= 4 is 5.91 Å². The number of hydrogen-bond donors (Lipinski definition) is 0. The molecule has 1 saturated heterocycles. The van der Waals surface area contributed by atoms with E-state index < -0.39 is 6.10 Å². The zero-order valence-corrected chi connectivity index (χ0v) is 14.5. The molecule has 1 aromatic rings. The Labute approximate surface area is 139 Å². The first-order valence-corrected chi connectivity index (χ1v) is 8.40. The minimum atomic E-state index is -0.458. The standard InChI is InChI=1S/C19H28N2O2/c1-5-10-20-11-13-21(14-12-20)19(22)16(4)23-18-9-7-6-8-17(18)15(2)3/h5-9,15-16H,1,10-14H2,2-4H3/t16-/m0/s1. The maximum absolute atomic E-state index is 12.6. The molecule has 1 aliphatic heterocycles. The smallest absolute Gasteiger partial charge is 0.263 e. The van der Waals surface area contributed by atoms with Crippen LogP contribution in [0.25, 0.3) is 0 Å². The van der Waals surface area contributed by atoms with Crippen molar-refractivity contribution in [3.05, 3.63) is 42.5 Å². The molecule has 23 heavy (non-hydrogen) atoms. The molecule has 1 fully saturated rings. The number of piperazine rings is 1. The van der Waals surface area contributed by atoms with E-state index >= 15 is 0 Å². The number of hydrogen-bond acceptors (Lipinski definition) is 3. The van der Waals surface area contributed by atoms with Crippen molar-refractivity contribution in [2.24, 2.45) is 0 Å². The predicted octanol–water partition coefficient (Wildman–Crippen LogP) is 2.91. The van der Waals surface area contributed by atoms with E-state index in [1.807, 2.05) is 36.1 Å². The molecule has 1 atom stereocenters. The van der Waals surface area contributed by atoms with Crippen LogP contribution in [0, 0.1) is 0 Å². The number of para-hydroxylation sites is 1. The fourth-order valence-electron chi connectivity index (χ4n) is 2.90. The summed E-state index contributed by atoms with van der Waals surface area (Å²) in [6, 6.07) is 7.96. The van der Waals surface area contributed by atoms with Gasteiger partial charge in [0, 0.05) is 32.7 Å². The van der Waals surface area contributed by atoms with Gasteiger partial charge in [0.15, 0.2) is 6.10 Å². The molecule has 4 nitrogen and oxygen atoms in total. The molecule has 0 aliphatic carbocycles. The summed E-state index contributed by atoms with van der Waals surface area (Å²) < 4.78 is 5.98. The van der Waals surface area contributed by atoms with Gasteiger partial charge >= 0.3 is 0 Å². The molecule has 2 rings (SSSR count). The number of benzene rings is 1. The highest BCUT2D eigenvalue weighted by molar-refractivity contribution is 5.81. The van der Waals surface area contributed by atoms with E-state index in [2.05, 4.69) is 31.4 Å². The largest absolute Gasteiger partial charge is 0.481 e. The van der Waals surface area contributed by atoms with E-state index in [-0.39, 0.29) is 5.91 Å². The van der Waals surface area contributed by atoms with Crippen LogP contribution in [-0.4, -0.2) is 54.5 Å². The fraction of sp³-hybridized carbons (Fsp3) is 0.526. The number of amides is 1. The molecule has 126 valence electrons. The van der Waals surface area contributed by atoms with Gasteiger partial charge in [-0.1, -0.05) is 38.1 Å². The van der Waals surface area contributed by atoms with Crippen LogP contribution in [0.3, 0.4) is 0 Å². The van der Waals surface area contributed by atoms with Gasteiger partial charge in [-0.15, -0.1) is 6.58 Å². The van der Waals surface area contributed by atoms with Gasteiger partial charge in [-0.3, -0.25) is 9.69 Å². The molecule has 0 N–H and O–H groups in total. The Bertz CT molecular complexity index is 534. The van der Waals surface area contributed by atoms with Gasteiger partial charge in [-0.25, -0.2) is 0 Å². The number of carbonyl (C=O) groups is 1. The predicted molar refractivity (Wildman–Crippen MR) is 93.8 cm³/mol. The molecular weight excluding hydrogens is 288 g/mol. The second-order valence-corrected chi connectivity index (χ2v) is 6.37. The molecular formula is C19H28N2O2. The van der Waals surface area contributed by atoms with E-state index in [4.69, 9.17) is 4.74 Å². The molecule has 0 bridgehead atoms. The van der Waals surface area contributed by atoms with Gasteiger partial charge in [-0.2, -0.15) is 0 Å². The normalized spacial score (nSPS) is 17.1. The van der Waals surface area contributed by atoms with Crippen molar-refractivity contribution in [1.82, 2.24) is 9.80 Å². The van der Waals surface area contributed by atoms with Crippen molar-refractivity contribution < 1.29 is 9.53 Å². The molecule has 0 unspecified atom stereocenters. The first kappa shape index (κ1) is 17.5. The third-order valence-electron chi connectivity index (χ3n) is 4.26. The van der Waals surface area contributed by atoms with Gasteiger partial charge in [0.05, 0.1) is 0 Å². The lowest BCUT2D eigenvalue weighted by Gasteiger charge is -2.35. The minimum Gasteiger partial charge on any atom is -0.481 e. The Morgan fingerprint density at radius 2 is 1.87 bits per heavy atom. The summed E-state index contributed by atoms with van der Waals surface area (Å²) in [5.41, 5.74) is 1.14. The van der Waals surface area contributed by atoms with E-state index in [0.29, 0.717) is 5.92 Å². The summed E-state index contributed by atoms with van der Waals surface area (Å²) in [5, 5.41) is 0. The third-order valence-corrected chi connectivity index (χ3v) is 4.26. The van der Waals surface area contributed by atoms with Gasteiger partial charge in [0.2, 0.25) is 0 Å². The zero-order valence-electron chi connectivity index (χ0n) is 14.5. The van der Waals surface area contributed by atoms with Crippen LogP contribution < -0.4 is 4.74 Å². The van der Waals surface area contributed by atoms with E-state index in [9.17, 15) is 4.79 Å². The summed E-state index contributed by atoms with van der Waals surface area (Å²) >= 11 is 0. The van der Waals surface area contributed by atoms with Crippen molar-refractivity contribution in [1.29, 1.82) is 0 Å². The number of rotatable bonds is 6. The lowest BCUT2D eigenvalue weighted by Crippen LogP contribution is -2.51. The van der Waals surface area contributed by atoms with Crippen LogP contribution in [0.4, 0.5) is 0 Å². The highest BCUT2D eigenvalue weighted by Gasteiger charge is 2.26. The maximum atomic E-state index is 12.6. The molecule has 1 aliphatic rings. The fourth-order valence-corrected chi connectivity index (χ4v) is 2.90. The van der Waals surface area contributed by atoms with E-state index in [1.54, 1.807) is 0 Å². The maximum Gasteiger partial charge on any atom is 0.263 e. The van der Waals surface area contributed by atoms with Crippen molar-refractivity contribution in [2.75, 3.05) is 32.7 Å². The van der Waals surface area contributed by atoms with Crippen molar-refractivity contribution in [3.8, 4) is 5.75 Å². The number of ether oxygens (including phenoxy) is 1. The second-order valence-electron chi connectivity index (χ2n) is 6.37. The number of carbonyl (C=O) groups excluding carboxylic acids is 1. The van der Waals surface area contributed by atoms with Crippen LogP contribution in [0.5, 0.6) is 5.75 Å². The average Bonchev–Trinajstić information content (AvgIpc) is 2.55. The van der Waals surface area contributed by atoms with Crippen LogP contribution in [0.2, 0.25) is 0 Å². The molecule has 0 radical (unpaired) electrons. The summed E-state index contributed by atoms with van der Waals surface area (Å²) in [7, 11) is 0. The molecule has 1 aromatic carbocycles. The molecule has 0 spiro atoms. The minimum absolute atomic E-state index is 0.0711. The van der Waals surface area contributed by atoms with Crippen LogP contribution in [-0.2, 0) is 4.79 Å². The highest BCUT2D eigenvalue weighted by atomic mass is 16.5. The average molecular weight is 316 g/mol. The van der Waals surface area contributed by atoms with Crippen LogP contribution in [0.15, 0.2) is 36.9 Å². The van der Waals surface area contributed by atoms with E-state index in [0.717, 1.165) is 44.0 Å². The Morgan fingerprint density at radius 3 is 2.48 bits per heavy atom. The molecule has 0 saturated carbocycles. The Morgan fingerprint density at radius 1 is 1.22 bits per heavy atom. The molecule has 1 amide bonds. The lowest BCUT2D eigenvalue weighted by atomic mass is 10.0. The quantitative estimate of drug-likeness (QED) is 0.757. The zero-order chi connectivity index (χ0) is 16.8. The van der Waals surface area contributed by atoms with Gasteiger partial charge in [-0.05, 0) is 24.5 Å². The summed E-state index contributed by atoms with van der Waals surface area (Å²) in [4.78, 5) is 16.8. The summed E-state index contributed by atoms with van der Waals surface area (Å²) in [5.74, 6) is 1.26. The Hall–Kier alpha value is -1.81. The third kappa shape index (κ3) is 4.58. The number of nitrogens with zero attached hydrogens (tertiary/aromatic N) is 2. The SMILES string of the molecule is C=CCN1CCN(C(=O)[C@H](C)Oc2ccccc2C(C)C)CC1. The van der Waals surface area contributed by atoms with Crippen LogP contribution in [0.1, 0.15) is 32.3 Å². The van der Waals surface area contributed by atoms with Gasteiger partial charge in [0.1, 0.15) is 5.75 Å². The van der Waals surface area contributed by atoms with Crippen LogP contribution >= 0.6 is 0 Å². The molecule has 1 heterocycles. The van der Waals surface area contributed by atoms with E-state index in [1.165, 1.54) is 0 Å². The van der Waals surface area contributed by atoms with Gasteiger partial charge < -0.3 is 9.64 Å². The Balaban J connectivity index is 1.95. The second kappa shape index (κ2) is 8.16. The first-order valence-electron chi connectivity index (χ1n) is 8.40.